The fraction of sp³-hybridized carbons (Fsp3) is 0.733. The summed E-state index contributed by atoms with van der Waals surface area (Å²) in [6.07, 6.45) is 2.91. The Morgan fingerprint density at radius 1 is 1.05 bits per heavy atom. The van der Waals surface area contributed by atoms with E-state index in [2.05, 4.69) is 12.2 Å². The quantitative estimate of drug-likeness (QED) is 0.218. The number of esters is 1. The van der Waals surface area contributed by atoms with Gasteiger partial charge in [0.25, 0.3) is 0 Å². The Labute approximate surface area is 243 Å². The standard InChI is InChI=1S/C30H41NO11/c1-28-11-9-17(32)13-16(28)3-4-18-19-10-12-30(41,29(19,2)14-21(33)26(18)28)22(34)15-42-25(38)8-6-23(35)31-20(27(39)40)5-7-24(36)37/h13,18-21,26,33,41H,3-12,14-15H2,1-2H3,(H,31,35)(H,36,37)(H,39,40)/t18-,19-,20+,21-,26+,28-,29-,30-/m0/s1. The Morgan fingerprint density at radius 2 is 1.76 bits per heavy atom. The highest BCUT2D eigenvalue weighted by atomic mass is 16.5. The van der Waals surface area contributed by atoms with Gasteiger partial charge >= 0.3 is 17.9 Å². The molecule has 0 heterocycles. The highest BCUT2D eigenvalue weighted by Crippen LogP contribution is 2.67. The van der Waals surface area contributed by atoms with E-state index in [1.165, 1.54) is 0 Å². The number of nitrogens with one attached hydrogen (secondary N) is 1. The van der Waals surface area contributed by atoms with E-state index in [4.69, 9.17) is 14.9 Å². The molecule has 12 heteroatoms. The van der Waals surface area contributed by atoms with Crippen LogP contribution >= 0.6 is 0 Å². The average molecular weight is 592 g/mol. The largest absolute Gasteiger partial charge is 0.481 e. The van der Waals surface area contributed by atoms with Gasteiger partial charge < -0.3 is 30.5 Å². The van der Waals surface area contributed by atoms with Crippen LogP contribution in [0.2, 0.25) is 0 Å². The van der Waals surface area contributed by atoms with Gasteiger partial charge in [-0.3, -0.25) is 24.0 Å². The Morgan fingerprint density at radius 3 is 2.43 bits per heavy atom. The lowest BCUT2D eigenvalue weighted by Gasteiger charge is -2.60. The molecule has 3 fully saturated rings. The molecule has 4 rings (SSSR count). The van der Waals surface area contributed by atoms with Gasteiger partial charge in [-0.1, -0.05) is 19.4 Å². The zero-order valence-corrected chi connectivity index (χ0v) is 24.1. The highest BCUT2D eigenvalue weighted by molar-refractivity contribution is 5.92. The van der Waals surface area contributed by atoms with Gasteiger partial charge in [0, 0.05) is 24.7 Å². The lowest BCUT2D eigenvalue weighted by atomic mass is 9.45. The van der Waals surface area contributed by atoms with Crippen LogP contribution in [0.4, 0.5) is 0 Å². The van der Waals surface area contributed by atoms with Crippen LogP contribution in [0.3, 0.4) is 0 Å². The number of carboxylic acids is 2. The molecule has 0 radical (unpaired) electrons. The summed E-state index contributed by atoms with van der Waals surface area (Å²) in [5, 5.41) is 43.3. The van der Waals surface area contributed by atoms with Crippen molar-refractivity contribution in [3.63, 3.8) is 0 Å². The summed E-state index contributed by atoms with van der Waals surface area (Å²) in [6, 6.07) is -1.42. The van der Waals surface area contributed by atoms with E-state index < -0.39 is 78.6 Å². The molecule has 42 heavy (non-hydrogen) atoms. The number of ether oxygens (including phenoxy) is 1. The van der Waals surface area contributed by atoms with Crippen molar-refractivity contribution in [1.29, 1.82) is 0 Å². The van der Waals surface area contributed by atoms with Crippen LogP contribution in [0, 0.1) is 28.6 Å². The van der Waals surface area contributed by atoms with E-state index in [9.17, 15) is 39.0 Å². The number of carbonyl (C=O) groups excluding carboxylic acids is 4. The van der Waals surface area contributed by atoms with Gasteiger partial charge in [0.1, 0.15) is 11.6 Å². The van der Waals surface area contributed by atoms with Gasteiger partial charge in [0.2, 0.25) is 11.7 Å². The molecule has 0 aromatic rings. The topological polar surface area (TPSA) is 205 Å². The number of aliphatic carboxylic acids is 2. The van der Waals surface area contributed by atoms with Crippen LogP contribution < -0.4 is 5.32 Å². The molecule has 0 aliphatic heterocycles. The molecular weight excluding hydrogens is 550 g/mol. The van der Waals surface area contributed by atoms with Crippen LogP contribution in [0.25, 0.3) is 0 Å². The number of allylic oxidation sites excluding steroid dienone is 1. The maximum absolute atomic E-state index is 13.4. The van der Waals surface area contributed by atoms with Crippen LogP contribution in [0.1, 0.15) is 84.5 Å². The lowest BCUT2D eigenvalue weighted by molar-refractivity contribution is -0.184. The molecule has 0 saturated heterocycles. The van der Waals surface area contributed by atoms with Crippen LogP contribution in [-0.4, -0.2) is 80.2 Å². The van der Waals surface area contributed by atoms with Gasteiger partial charge in [-0.25, -0.2) is 4.79 Å². The summed E-state index contributed by atoms with van der Waals surface area (Å²) in [7, 11) is 0. The van der Waals surface area contributed by atoms with Crippen molar-refractivity contribution in [2.24, 2.45) is 28.6 Å². The first-order valence-corrected chi connectivity index (χ1v) is 14.7. The third-order valence-electron chi connectivity index (χ3n) is 10.7. The number of Topliss-reactive ketones (excluding diaryl/α,β-unsaturated/α-hetero) is 1. The van der Waals surface area contributed by atoms with Crippen molar-refractivity contribution in [2.45, 2.75) is 102 Å². The minimum Gasteiger partial charge on any atom is -0.481 e. The van der Waals surface area contributed by atoms with E-state index >= 15 is 0 Å². The SMILES string of the molecule is C[C@]12CCC(=O)C=C1CC[C@@H]1[C@@H]2[C@@H](O)C[C@@]2(C)[C@H]1CC[C@]2(O)C(=O)COC(=O)CCC(=O)N[C@H](CCC(=O)O)C(=O)O. The Balaban J connectivity index is 1.34. The molecule has 232 valence electrons. The molecule has 12 nitrogen and oxygen atoms in total. The van der Waals surface area contributed by atoms with E-state index in [-0.39, 0.29) is 48.2 Å². The van der Waals surface area contributed by atoms with E-state index in [1.807, 2.05) is 6.92 Å². The number of hydrogen-bond acceptors (Lipinski definition) is 9. The van der Waals surface area contributed by atoms with Crippen molar-refractivity contribution < 1.29 is 53.9 Å². The maximum atomic E-state index is 13.4. The third kappa shape index (κ3) is 5.75. The first-order valence-electron chi connectivity index (χ1n) is 14.7. The first-order chi connectivity index (χ1) is 19.6. The molecule has 0 unspecified atom stereocenters. The van der Waals surface area contributed by atoms with Gasteiger partial charge in [-0.2, -0.15) is 0 Å². The molecule has 3 saturated carbocycles. The normalized spacial score (nSPS) is 36.0. The van der Waals surface area contributed by atoms with Gasteiger partial charge in [0.15, 0.2) is 12.4 Å². The fourth-order valence-electron chi connectivity index (χ4n) is 8.50. The summed E-state index contributed by atoms with van der Waals surface area (Å²) in [5.74, 6) is -4.86. The molecule has 0 aromatic carbocycles. The number of fused-ring (bicyclic) bond motifs is 5. The summed E-state index contributed by atoms with van der Waals surface area (Å²) >= 11 is 0. The minimum atomic E-state index is -1.81. The Bertz CT molecular complexity index is 1200. The van der Waals surface area contributed by atoms with Crippen LogP contribution in [0.5, 0.6) is 0 Å². The molecular formula is C30H41NO11. The zero-order valence-electron chi connectivity index (χ0n) is 24.1. The minimum absolute atomic E-state index is 0.0291. The summed E-state index contributed by atoms with van der Waals surface area (Å²) in [6.45, 7) is 3.25. The van der Waals surface area contributed by atoms with Crippen molar-refractivity contribution in [3.8, 4) is 0 Å². The smallest absolute Gasteiger partial charge is 0.326 e. The molecule has 1 amide bonds. The number of ketones is 2. The second kappa shape index (κ2) is 11.9. The number of carboxylic acid groups (broad SMARTS) is 2. The van der Waals surface area contributed by atoms with E-state index in [0.717, 1.165) is 18.4 Å². The molecule has 4 aliphatic rings. The van der Waals surface area contributed by atoms with Gasteiger partial charge in [-0.05, 0) is 74.2 Å². The number of aliphatic hydroxyl groups excluding tert-OH is 1. The number of carbonyl (C=O) groups is 6. The number of aliphatic hydroxyl groups is 2. The fourth-order valence-corrected chi connectivity index (χ4v) is 8.50. The molecule has 0 spiro atoms. The van der Waals surface area contributed by atoms with Crippen molar-refractivity contribution >= 4 is 35.4 Å². The third-order valence-corrected chi connectivity index (χ3v) is 10.7. The monoisotopic (exact) mass is 591 g/mol. The van der Waals surface area contributed by atoms with Gasteiger partial charge in [-0.15, -0.1) is 0 Å². The Kier molecular flexibility index (Phi) is 8.99. The molecule has 5 N–H and O–H groups in total. The maximum Gasteiger partial charge on any atom is 0.326 e. The number of hydrogen-bond donors (Lipinski definition) is 5. The Hall–Kier alpha value is -3.12. The van der Waals surface area contributed by atoms with E-state index in [1.54, 1.807) is 6.08 Å². The second-order valence-electron chi connectivity index (χ2n) is 13.0. The number of amides is 1. The second-order valence-corrected chi connectivity index (χ2v) is 13.0. The zero-order chi connectivity index (χ0) is 31.0. The van der Waals surface area contributed by atoms with Gasteiger partial charge in [0.05, 0.1) is 12.5 Å². The predicted molar refractivity (Wildman–Crippen MR) is 145 cm³/mol. The number of rotatable bonds is 11. The molecule has 4 aliphatic carbocycles. The van der Waals surface area contributed by atoms with Crippen molar-refractivity contribution in [3.05, 3.63) is 11.6 Å². The van der Waals surface area contributed by atoms with Crippen molar-refractivity contribution in [1.82, 2.24) is 5.32 Å². The highest BCUT2D eigenvalue weighted by Gasteiger charge is 2.68. The molecule has 0 aromatic heterocycles. The molecule has 0 bridgehead atoms. The summed E-state index contributed by atoms with van der Waals surface area (Å²) < 4.78 is 5.09. The summed E-state index contributed by atoms with van der Waals surface area (Å²) in [5.41, 5.74) is -1.95. The summed E-state index contributed by atoms with van der Waals surface area (Å²) in [4.78, 5) is 71.8. The predicted octanol–water partition coefficient (Wildman–Crippen LogP) is 1.55. The first kappa shape index (κ1) is 31.8. The van der Waals surface area contributed by atoms with Crippen molar-refractivity contribution in [2.75, 3.05) is 6.61 Å². The van der Waals surface area contributed by atoms with Crippen LogP contribution in [0.15, 0.2) is 11.6 Å². The lowest BCUT2D eigenvalue weighted by Crippen LogP contribution is -2.62. The van der Waals surface area contributed by atoms with Crippen LogP contribution in [-0.2, 0) is 33.5 Å². The average Bonchev–Trinajstić information content (AvgIpc) is 3.19. The van der Waals surface area contributed by atoms with E-state index in [0.29, 0.717) is 19.3 Å². The molecule has 8 atom stereocenters.